The van der Waals surface area contributed by atoms with Crippen molar-refractivity contribution in [2.45, 2.75) is 38.1 Å². The summed E-state index contributed by atoms with van der Waals surface area (Å²) in [5.74, 6) is -0.0714. The van der Waals surface area contributed by atoms with Gasteiger partial charge >= 0.3 is 0 Å². The van der Waals surface area contributed by atoms with Gasteiger partial charge in [0.25, 0.3) is 0 Å². The highest BCUT2D eigenvalue weighted by atomic mass is 32.2. The number of methoxy groups -OCH3 is 1. The summed E-state index contributed by atoms with van der Waals surface area (Å²) in [6.45, 7) is 5.44. The van der Waals surface area contributed by atoms with Gasteiger partial charge in [0.1, 0.15) is 10.6 Å². The van der Waals surface area contributed by atoms with Crippen molar-refractivity contribution in [1.29, 1.82) is 0 Å². The number of amides is 1. The highest BCUT2D eigenvalue weighted by molar-refractivity contribution is 7.89. The molecule has 0 unspecified atom stereocenters. The molecule has 0 bridgehead atoms. The van der Waals surface area contributed by atoms with Crippen LogP contribution in [0.15, 0.2) is 53.4 Å². The number of hydrogen-bond donors (Lipinski definition) is 1. The van der Waals surface area contributed by atoms with E-state index in [9.17, 15) is 13.2 Å². The van der Waals surface area contributed by atoms with Crippen molar-refractivity contribution in [2.24, 2.45) is 0 Å². The quantitative estimate of drug-likeness (QED) is 0.697. The van der Waals surface area contributed by atoms with Gasteiger partial charge in [-0.2, -0.15) is 4.31 Å². The summed E-state index contributed by atoms with van der Waals surface area (Å²) in [6.07, 6.45) is 0.503. The highest BCUT2D eigenvalue weighted by Crippen LogP contribution is 2.28. The molecule has 0 fully saturated rings. The van der Waals surface area contributed by atoms with E-state index in [1.54, 1.807) is 18.2 Å². The van der Waals surface area contributed by atoms with Crippen LogP contribution in [0.1, 0.15) is 25.0 Å². The van der Waals surface area contributed by atoms with Crippen LogP contribution in [0.2, 0.25) is 0 Å². The van der Waals surface area contributed by atoms with Crippen LogP contribution in [0, 0.1) is 6.92 Å². The van der Waals surface area contributed by atoms with Crippen LogP contribution >= 0.6 is 0 Å². The summed E-state index contributed by atoms with van der Waals surface area (Å²) in [5, 5.41) is 2.76. The maximum atomic E-state index is 13.4. The minimum absolute atomic E-state index is 0.0697. The number of rotatable bonds is 9. The van der Waals surface area contributed by atoms with Crippen molar-refractivity contribution in [3.8, 4) is 5.75 Å². The molecule has 28 heavy (non-hydrogen) atoms. The Bertz CT molecular complexity index is 896. The predicted octanol–water partition coefficient (Wildman–Crippen LogP) is 2.76. The standard InChI is InChI=1S/C21H28N2O4S/c1-16(2)22-21(24)15-23(13-12-18-8-6-5-7-9-18)28(25,26)20-14-17(3)10-11-19(20)27-4/h5-11,14,16H,12-13,15H2,1-4H3,(H,22,24). The van der Waals surface area contributed by atoms with E-state index >= 15 is 0 Å². The average molecular weight is 405 g/mol. The Kier molecular flexibility index (Phi) is 7.60. The number of sulfonamides is 1. The van der Waals surface area contributed by atoms with Crippen molar-refractivity contribution < 1.29 is 17.9 Å². The van der Waals surface area contributed by atoms with Crippen LogP contribution in [-0.2, 0) is 21.2 Å². The summed E-state index contributed by atoms with van der Waals surface area (Å²) in [6, 6.07) is 14.5. The molecule has 7 heteroatoms. The van der Waals surface area contributed by atoms with E-state index in [-0.39, 0.29) is 35.7 Å². The topological polar surface area (TPSA) is 75.7 Å². The fraction of sp³-hybridized carbons (Fsp3) is 0.381. The van der Waals surface area contributed by atoms with Crippen LogP contribution < -0.4 is 10.1 Å². The third kappa shape index (κ3) is 5.81. The Morgan fingerprint density at radius 3 is 2.43 bits per heavy atom. The van der Waals surface area contributed by atoms with E-state index in [4.69, 9.17) is 4.74 Å². The smallest absolute Gasteiger partial charge is 0.247 e. The Balaban J connectivity index is 2.35. The monoisotopic (exact) mass is 404 g/mol. The number of nitrogens with one attached hydrogen (secondary N) is 1. The number of aryl methyl sites for hydroxylation is 1. The molecule has 0 spiro atoms. The highest BCUT2D eigenvalue weighted by Gasteiger charge is 2.29. The normalized spacial score (nSPS) is 11.6. The molecule has 0 aliphatic heterocycles. The van der Waals surface area contributed by atoms with E-state index in [2.05, 4.69) is 5.32 Å². The molecular weight excluding hydrogens is 376 g/mol. The van der Waals surface area contributed by atoms with Gasteiger partial charge in [-0.15, -0.1) is 0 Å². The van der Waals surface area contributed by atoms with Gasteiger partial charge < -0.3 is 10.1 Å². The second-order valence-corrected chi connectivity index (χ2v) is 8.86. The summed E-state index contributed by atoms with van der Waals surface area (Å²) >= 11 is 0. The molecule has 0 aliphatic rings. The molecular formula is C21H28N2O4S. The van der Waals surface area contributed by atoms with Gasteiger partial charge in [-0.05, 0) is 50.5 Å². The number of carbonyl (C=O) groups excluding carboxylic acids is 1. The van der Waals surface area contributed by atoms with Crippen molar-refractivity contribution in [3.63, 3.8) is 0 Å². The van der Waals surface area contributed by atoms with E-state index < -0.39 is 10.0 Å². The van der Waals surface area contributed by atoms with Crippen molar-refractivity contribution in [3.05, 3.63) is 59.7 Å². The van der Waals surface area contributed by atoms with Gasteiger partial charge in [0.2, 0.25) is 15.9 Å². The first-order valence-electron chi connectivity index (χ1n) is 9.22. The Labute approximate surface area is 167 Å². The second kappa shape index (κ2) is 9.71. The zero-order valence-corrected chi connectivity index (χ0v) is 17.6. The van der Waals surface area contributed by atoms with E-state index in [0.717, 1.165) is 11.1 Å². The number of benzene rings is 2. The number of carbonyl (C=O) groups is 1. The first-order chi connectivity index (χ1) is 13.2. The number of nitrogens with zero attached hydrogens (tertiary/aromatic N) is 1. The molecule has 0 radical (unpaired) electrons. The first-order valence-corrected chi connectivity index (χ1v) is 10.7. The zero-order chi connectivity index (χ0) is 20.7. The third-order valence-electron chi connectivity index (χ3n) is 4.20. The summed E-state index contributed by atoms with van der Waals surface area (Å²) in [5.41, 5.74) is 1.80. The van der Waals surface area contributed by atoms with E-state index in [1.807, 2.05) is 51.1 Å². The molecule has 0 aliphatic carbocycles. The summed E-state index contributed by atoms with van der Waals surface area (Å²) < 4.78 is 33.2. The van der Waals surface area contributed by atoms with Crippen LogP contribution in [0.3, 0.4) is 0 Å². The van der Waals surface area contributed by atoms with Gasteiger partial charge in [-0.25, -0.2) is 8.42 Å². The van der Waals surface area contributed by atoms with E-state index in [1.165, 1.54) is 11.4 Å². The van der Waals surface area contributed by atoms with Gasteiger partial charge in [0, 0.05) is 12.6 Å². The molecule has 0 heterocycles. The molecule has 0 saturated carbocycles. The minimum Gasteiger partial charge on any atom is -0.495 e. The van der Waals surface area contributed by atoms with Gasteiger partial charge in [0.15, 0.2) is 0 Å². The molecule has 2 aromatic rings. The van der Waals surface area contributed by atoms with Crippen molar-refractivity contribution in [2.75, 3.05) is 20.2 Å². The lowest BCUT2D eigenvalue weighted by atomic mass is 10.1. The molecule has 2 rings (SSSR count). The number of hydrogen-bond acceptors (Lipinski definition) is 4. The lowest BCUT2D eigenvalue weighted by molar-refractivity contribution is -0.121. The maximum absolute atomic E-state index is 13.4. The van der Waals surface area contributed by atoms with Crippen molar-refractivity contribution >= 4 is 15.9 Å². The fourth-order valence-corrected chi connectivity index (χ4v) is 4.47. The second-order valence-electron chi connectivity index (χ2n) is 6.95. The van der Waals surface area contributed by atoms with Crippen LogP contribution in [0.5, 0.6) is 5.75 Å². The predicted molar refractivity (Wildman–Crippen MR) is 110 cm³/mol. The summed E-state index contributed by atoms with van der Waals surface area (Å²) in [7, 11) is -2.49. The molecule has 1 N–H and O–H groups in total. The molecule has 6 nitrogen and oxygen atoms in total. The molecule has 0 saturated heterocycles. The Hall–Kier alpha value is -2.38. The lowest BCUT2D eigenvalue weighted by Gasteiger charge is -2.23. The molecule has 1 amide bonds. The van der Waals surface area contributed by atoms with Gasteiger partial charge in [0.05, 0.1) is 13.7 Å². The van der Waals surface area contributed by atoms with Crippen molar-refractivity contribution in [1.82, 2.24) is 9.62 Å². The average Bonchev–Trinajstić information content (AvgIpc) is 2.65. The van der Waals surface area contributed by atoms with Crippen LogP contribution in [-0.4, -0.2) is 44.9 Å². The molecule has 152 valence electrons. The molecule has 2 aromatic carbocycles. The van der Waals surface area contributed by atoms with Crippen LogP contribution in [0.25, 0.3) is 0 Å². The first kappa shape index (κ1) is 21.9. The van der Waals surface area contributed by atoms with Gasteiger partial charge in [-0.3, -0.25) is 4.79 Å². The molecule has 0 aromatic heterocycles. The molecule has 0 atom stereocenters. The maximum Gasteiger partial charge on any atom is 0.247 e. The minimum atomic E-state index is -3.92. The number of ether oxygens (including phenoxy) is 1. The Morgan fingerprint density at radius 1 is 1.14 bits per heavy atom. The van der Waals surface area contributed by atoms with Gasteiger partial charge in [-0.1, -0.05) is 36.4 Å². The SMILES string of the molecule is COc1ccc(C)cc1S(=O)(=O)N(CCc1ccccc1)CC(=O)NC(C)C. The summed E-state index contributed by atoms with van der Waals surface area (Å²) in [4.78, 5) is 12.4. The third-order valence-corrected chi connectivity index (χ3v) is 6.07. The lowest BCUT2D eigenvalue weighted by Crippen LogP contribution is -2.43. The largest absolute Gasteiger partial charge is 0.495 e. The fourth-order valence-electron chi connectivity index (χ4n) is 2.84. The van der Waals surface area contributed by atoms with E-state index in [0.29, 0.717) is 6.42 Å². The van der Waals surface area contributed by atoms with Crippen LogP contribution in [0.4, 0.5) is 0 Å². The Morgan fingerprint density at radius 2 is 1.82 bits per heavy atom. The zero-order valence-electron chi connectivity index (χ0n) is 16.8.